The third kappa shape index (κ3) is 4.83. The second kappa shape index (κ2) is 11.2. The highest BCUT2D eigenvalue weighted by Crippen LogP contribution is 2.51. The summed E-state index contributed by atoms with van der Waals surface area (Å²) < 4.78 is 11.9. The van der Waals surface area contributed by atoms with Crippen molar-refractivity contribution in [2.24, 2.45) is 17.8 Å². The van der Waals surface area contributed by atoms with Gasteiger partial charge in [-0.05, 0) is 72.8 Å². The lowest BCUT2D eigenvalue weighted by Gasteiger charge is -2.47. The van der Waals surface area contributed by atoms with Crippen molar-refractivity contribution >= 4 is 30.3 Å². The van der Waals surface area contributed by atoms with Gasteiger partial charge in [-0.2, -0.15) is 0 Å². The van der Waals surface area contributed by atoms with Gasteiger partial charge >= 0.3 is 7.12 Å². The van der Waals surface area contributed by atoms with E-state index in [1.54, 1.807) is 18.2 Å². The zero-order chi connectivity index (χ0) is 27.8. The molecule has 7 heteroatoms. The van der Waals surface area contributed by atoms with Crippen LogP contribution in [0.15, 0.2) is 82.3 Å². The van der Waals surface area contributed by atoms with Gasteiger partial charge < -0.3 is 19.2 Å². The largest absolute Gasteiger partial charge is 0.459 e. The molecular weight excluding hydrogens is 503 g/mol. The molecule has 0 spiro atoms. The summed E-state index contributed by atoms with van der Waals surface area (Å²) in [6.45, 7) is 1.93. The van der Waals surface area contributed by atoms with Crippen molar-refractivity contribution in [1.29, 1.82) is 0 Å². The first kappa shape index (κ1) is 26.7. The Morgan fingerprint density at radius 2 is 1.70 bits per heavy atom. The van der Waals surface area contributed by atoms with Crippen LogP contribution in [0.25, 0.3) is 11.6 Å². The molecule has 3 aliphatic rings. The van der Waals surface area contributed by atoms with Crippen LogP contribution in [0.2, 0.25) is 6.32 Å². The number of carbonyl (C=O) groups is 2. The highest BCUT2D eigenvalue weighted by Gasteiger charge is 2.53. The summed E-state index contributed by atoms with van der Waals surface area (Å²) in [7, 11) is -1.00. The van der Waals surface area contributed by atoms with E-state index in [0.29, 0.717) is 48.2 Å². The van der Waals surface area contributed by atoms with Gasteiger partial charge in [-0.15, -0.1) is 0 Å². The average molecular weight is 536 g/mol. The number of hydrogen-bond donors (Lipinski definition) is 2. The van der Waals surface area contributed by atoms with Crippen LogP contribution >= 0.6 is 0 Å². The van der Waals surface area contributed by atoms with Gasteiger partial charge in [0.2, 0.25) is 0 Å². The number of furan rings is 1. The van der Waals surface area contributed by atoms with E-state index in [0.717, 1.165) is 23.1 Å². The molecule has 4 atom stereocenters. The molecule has 2 aliphatic carbocycles. The summed E-state index contributed by atoms with van der Waals surface area (Å²) in [6, 6.07) is 20.8. The topological polar surface area (TPSA) is 97.0 Å². The molecular formula is C33H33BO6. The van der Waals surface area contributed by atoms with Gasteiger partial charge in [-0.1, -0.05) is 67.1 Å². The monoisotopic (exact) mass is 536 g/mol. The number of allylic oxidation sites excluding steroid dienone is 2. The molecule has 0 amide bonds. The molecule has 1 aliphatic heterocycles. The fourth-order valence-corrected chi connectivity index (χ4v) is 6.97. The zero-order valence-corrected chi connectivity index (χ0v) is 22.6. The van der Waals surface area contributed by atoms with Crippen LogP contribution in [0, 0.1) is 17.8 Å². The van der Waals surface area contributed by atoms with Gasteiger partial charge in [0, 0.05) is 23.0 Å². The summed E-state index contributed by atoms with van der Waals surface area (Å²) in [5.74, 6) is 0.112. The molecule has 2 aromatic carbocycles. The first-order chi connectivity index (χ1) is 19.5. The minimum absolute atomic E-state index is 0.00748. The fourth-order valence-electron chi connectivity index (χ4n) is 6.97. The lowest BCUT2D eigenvalue weighted by molar-refractivity contribution is 0.0600. The van der Waals surface area contributed by atoms with E-state index in [2.05, 4.69) is 6.92 Å². The van der Waals surface area contributed by atoms with Crippen molar-refractivity contribution in [1.82, 2.24) is 0 Å². The van der Waals surface area contributed by atoms with E-state index in [4.69, 9.17) is 9.07 Å². The Balaban J connectivity index is 1.33. The molecule has 2 N–H and O–H groups in total. The van der Waals surface area contributed by atoms with E-state index in [-0.39, 0.29) is 30.2 Å². The Kier molecular flexibility index (Phi) is 7.45. The van der Waals surface area contributed by atoms with Crippen molar-refractivity contribution in [3.05, 3.63) is 106 Å². The Hall–Kier alpha value is -3.52. The van der Waals surface area contributed by atoms with Crippen molar-refractivity contribution in [2.75, 3.05) is 0 Å². The minimum Gasteiger partial charge on any atom is -0.459 e. The summed E-state index contributed by atoms with van der Waals surface area (Å²) >= 11 is 0. The van der Waals surface area contributed by atoms with E-state index in [1.807, 2.05) is 54.6 Å². The SMILES string of the molecule is CCC1=C2[C@@H](CC/C(=C/c3ccc(CO)o3)c3ccccc3)OB(O)C[C@@H]2[C@@H]2C(=O)c3ccccc3C(=O)[C@@H]2C1. The average Bonchev–Trinajstić information content (AvgIpc) is 3.45. The molecule has 0 bridgehead atoms. The molecule has 0 saturated carbocycles. The van der Waals surface area contributed by atoms with Crippen molar-refractivity contribution in [3.8, 4) is 0 Å². The van der Waals surface area contributed by atoms with Gasteiger partial charge in [0.25, 0.3) is 0 Å². The highest BCUT2D eigenvalue weighted by molar-refractivity contribution is 6.43. The maximum Gasteiger partial charge on any atom is 0.455 e. The molecule has 6 nitrogen and oxygen atoms in total. The smallest absolute Gasteiger partial charge is 0.455 e. The standard InChI is InChI=1S/C33H33BO6/c1-2-20-17-27-31(33(37)26-11-7-6-10-25(26)32(27)36)28-18-34(38)40-29(30(20)28)15-12-22(21-8-4-3-5-9-21)16-23-13-14-24(19-35)39-23/h3-11,13-14,16,27-29,31,35,38H,2,12,15,17-19H2,1H3/b22-16-/t27-,28+,29-,31-/m1/s1. The van der Waals surface area contributed by atoms with Crippen LogP contribution in [-0.4, -0.2) is 34.9 Å². The number of Topliss-reactive ketones (excluding diaryl/α,β-unsaturated/α-hetero) is 2. The van der Waals surface area contributed by atoms with E-state index < -0.39 is 19.0 Å². The Morgan fingerprint density at radius 1 is 0.975 bits per heavy atom. The van der Waals surface area contributed by atoms with Gasteiger partial charge in [0.1, 0.15) is 18.1 Å². The highest BCUT2D eigenvalue weighted by atomic mass is 16.5. The Bertz CT molecular complexity index is 1490. The number of fused-ring (bicyclic) bond motifs is 4. The van der Waals surface area contributed by atoms with Crippen LogP contribution in [-0.2, 0) is 11.3 Å². The molecule has 1 fully saturated rings. The molecule has 0 unspecified atom stereocenters. The molecule has 0 radical (unpaired) electrons. The Morgan fingerprint density at radius 3 is 2.40 bits per heavy atom. The van der Waals surface area contributed by atoms with Gasteiger partial charge in [0.05, 0.1) is 6.10 Å². The molecule has 2 heterocycles. The van der Waals surface area contributed by atoms with Crippen LogP contribution in [0.3, 0.4) is 0 Å². The van der Waals surface area contributed by atoms with Gasteiger partial charge in [0.15, 0.2) is 11.6 Å². The molecule has 204 valence electrons. The minimum atomic E-state index is -1.00. The zero-order valence-electron chi connectivity index (χ0n) is 22.6. The number of aliphatic hydroxyl groups excluding tert-OH is 1. The predicted molar refractivity (Wildman–Crippen MR) is 153 cm³/mol. The number of carbonyl (C=O) groups excluding carboxylic acids is 2. The number of hydrogen-bond acceptors (Lipinski definition) is 6. The van der Waals surface area contributed by atoms with Crippen molar-refractivity contribution < 1.29 is 28.8 Å². The van der Waals surface area contributed by atoms with Gasteiger partial charge in [-0.3, -0.25) is 9.59 Å². The number of rotatable bonds is 7. The van der Waals surface area contributed by atoms with Crippen LogP contribution in [0.5, 0.6) is 0 Å². The summed E-state index contributed by atoms with van der Waals surface area (Å²) in [4.78, 5) is 27.4. The van der Waals surface area contributed by atoms with Crippen molar-refractivity contribution in [2.45, 2.75) is 51.6 Å². The van der Waals surface area contributed by atoms with Crippen LogP contribution in [0.1, 0.15) is 70.4 Å². The lowest BCUT2D eigenvalue weighted by atomic mass is 9.54. The Labute approximate surface area is 234 Å². The maximum absolute atomic E-state index is 13.8. The third-order valence-corrected chi connectivity index (χ3v) is 8.76. The molecule has 6 rings (SSSR count). The van der Waals surface area contributed by atoms with E-state index in [1.165, 1.54) is 5.57 Å². The summed E-state index contributed by atoms with van der Waals surface area (Å²) in [5.41, 5.74) is 5.40. The molecule has 3 aromatic rings. The van der Waals surface area contributed by atoms with Gasteiger partial charge in [-0.25, -0.2) is 0 Å². The quantitative estimate of drug-likeness (QED) is 0.284. The normalized spacial score (nSPS) is 24.6. The first-order valence-corrected chi connectivity index (χ1v) is 14.2. The summed E-state index contributed by atoms with van der Waals surface area (Å²) in [6.07, 6.45) is 4.52. The molecule has 1 saturated heterocycles. The van der Waals surface area contributed by atoms with Crippen LogP contribution < -0.4 is 0 Å². The lowest BCUT2D eigenvalue weighted by Crippen LogP contribution is -2.50. The second-order valence-electron chi connectivity index (χ2n) is 11.0. The maximum atomic E-state index is 13.8. The summed E-state index contributed by atoms with van der Waals surface area (Å²) in [5, 5.41) is 20.3. The van der Waals surface area contributed by atoms with Crippen LogP contribution in [0.4, 0.5) is 0 Å². The van der Waals surface area contributed by atoms with E-state index >= 15 is 0 Å². The molecule has 40 heavy (non-hydrogen) atoms. The van der Waals surface area contributed by atoms with Crippen molar-refractivity contribution in [3.63, 3.8) is 0 Å². The predicted octanol–water partition coefficient (Wildman–Crippen LogP) is 6.01. The number of benzene rings is 2. The molecule has 1 aromatic heterocycles. The van der Waals surface area contributed by atoms with E-state index in [9.17, 15) is 19.7 Å². The fraction of sp³-hybridized carbons (Fsp3) is 0.333. The third-order valence-electron chi connectivity index (χ3n) is 8.76. The second-order valence-corrected chi connectivity index (χ2v) is 11.0. The first-order valence-electron chi connectivity index (χ1n) is 14.2. The number of ketones is 2. The number of aliphatic hydroxyl groups is 1.